The quantitative estimate of drug-likeness (QED) is 0.289. The predicted octanol–water partition coefficient (Wildman–Crippen LogP) is 5.80. The van der Waals surface area contributed by atoms with Crippen LogP contribution in [-0.4, -0.2) is 44.3 Å². The predicted molar refractivity (Wildman–Crippen MR) is 159 cm³/mol. The van der Waals surface area contributed by atoms with Crippen molar-refractivity contribution in [3.8, 4) is 0 Å². The van der Waals surface area contributed by atoms with E-state index < -0.39 is 28.5 Å². The minimum Gasteiger partial charge on any atom is -0.354 e. The summed E-state index contributed by atoms with van der Waals surface area (Å²) in [6.45, 7) is 7.41. The Kier molecular flexibility index (Phi) is 10.6. The van der Waals surface area contributed by atoms with Crippen LogP contribution < -0.4 is 9.62 Å². The second-order valence-corrected chi connectivity index (χ2v) is 12.9. The fraction of sp³-hybridized carbons (Fsp3) is 0.310. The number of halogens is 2. The van der Waals surface area contributed by atoms with E-state index in [2.05, 4.69) is 21.2 Å². The number of benzene rings is 3. The summed E-state index contributed by atoms with van der Waals surface area (Å²) in [6.07, 6.45) is 0. The van der Waals surface area contributed by atoms with Crippen LogP contribution in [0.2, 0.25) is 5.02 Å². The van der Waals surface area contributed by atoms with Gasteiger partial charge in [-0.2, -0.15) is 0 Å². The monoisotopic (exact) mass is 633 g/mol. The first-order valence-corrected chi connectivity index (χ1v) is 15.2. The second kappa shape index (κ2) is 13.5. The number of nitrogens with zero attached hydrogens (tertiary/aromatic N) is 2. The highest BCUT2D eigenvalue weighted by molar-refractivity contribution is 9.10. The molecule has 0 saturated heterocycles. The average molecular weight is 635 g/mol. The van der Waals surface area contributed by atoms with E-state index in [0.29, 0.717) is 27.3 Å². The maximum Gasteiger partial charge on any atom is 0.264 e. The fourth-order valence-electron chi connectivity index (χ4n) is 3.84. The minimum absolute atomic E-state index is 0.0334. The van der Waals surface area contributed by atoms with Crippen molar-refractivity contribution in [2.75, 3.05) is 17.4 Å². The van der Waals surface area contributed by atoms with Gasteiger partial charge in [-0.3, -0.25) is 13.9 Å². The summed E-state index contributed by atoms with van der Waals surface area (Å²) in [5.41, 5.74) is 1.87. The van der Waals surface area contributed by atoms with Crippen molar-refractivity contribution in [1.29, 1.82) is 0 Å². The molecule has 0 radical (unpaired) electrons. The van der Waals surface area contributed by atoms with E-state index in [-0.39, 0.29) is 23.3 Å². The molecule has 0 spiro atoms. The number of anilines is 1. The molecule has 3 rings (SSSR count). The summed E-state index contributed by atoms with van der Waals surface area (Å²) in [5, 5.41) is 3.31. The smallest absolute Gasteiger partial charge is 0.264 e. The van der Waals surface area contributed by atoms with Crippen LogP contribution in [0.3, 0.4) is 0 Å². The number of aryl methyl sites for hydroxylation is 1. The van der Waals surface area contributed by atoms with Gasteiger partial charge in [-0.15, -0.1) is 0 Å². The van der Waals surface area contributed by atoms with E-state index in [0.717, 1.165) is 9.87 Å². The van der Waals surface area contributed by atoms with Crippen LogP contribution in [0.1, 0.15) is 31.9 Å². The average Bonchev–Trinajstić information content (AvgIpc) is 2.89. The normalized spacial score (nSPS) is 12.2. The Morgan fingerprint density at radius 2 is 1.64 bits per heavy atom. The Morgan fingerprint density at radius 1 is 0.974 bits per heavy atom. The summed E-state index contributed by atoms with van der Waals surface area (Å²) in [6, 6.07) is 19.4. The summed E-state index contributed by atoms with van der Waals surface area (Å²) < 4.78 is 29.4. The molecule has 0 aliphatic carbocycles. The molecule has 7 nitrogen and oxygen atoms in total. The summed E-state index contributed by atoms with van der Waals surface area (Å²) in [7, 11) is -4.13. The second-order valence-electron chi connectivity index (χ2n) is 9.73. The third-order valence-corrected chi connectivity index (χ3v) is 8.78. The van der Waals surface area contributed by atoms with Gasteiger partial charge >= 0.3 is 0 Å². The van der Waals surface area contributed by atoms with Gasteiger partial charge in [0.1, 0.15) is 12.6 Å². The lowest BCUT2D eigenvalue weighted by atomic mass is 10.1. The maximum atomic E-state index is 13.9. The van der Waals surface area contributed by atoms with E-state index in [1.807, 2.05) is 20.8 Å². The molecule has 0 aliphatic rings. The van der Waals surface area contributed by atoms with Crippen molar-refractivity contribution >= 4 is 55.1 Å². The molecule has 0 aromatic heterocycles. The first-order chi connectivity index (χ1) is 18.4. The Bertz CT molecular complexity index is 1410. The zero-order valence-electron chi connectivity index (χ0n) is 22.4. The molecule has 0 fully saturated rings. The van der Waals surface area contributed by atoms with E-state index in [1.165, 1.54) is 17.0 Å². The Hall–Kier alpha value is -2.88. The van der Waals surface area contributed by atoms with Gasteiger partial charge in [0.05, 0.1) is 10.6 Å². The van der Waals surface area contributed by atoms with E-state index in [9.17, 15) is 18.0 Å². The SMILES string of the molecule is Cc1ccc(S(=O)(=O)N(CC(=O)N(Cc2ccccc2Cl)[C@H](C)C(=O)NCC(C)C)c2cccc(Br)c2)cc1. The lowest BCUT2D eigenvalue weighted by molar-refractivity contribution is -0.139. The number of rotatable bonds is 11. The molecular formula is C29H33BrClN3O4S. The van der Waals surface area contributed by atoms with E-state index in [1.54, 1.807) is 67.6 Å². The maximum absolute atomic E-state index is 13.9. The molecule has 39 heavy (non-hydrogen) atoms. The van der Waals surface area contributed by atoms with Gasteiger partial charge in [0.2, 0.25) is 11.8 Å². The van der Waals surface area contributed by atoms with Gasteiger partial charge < -0.3 is 10.2 Å². The number of hydrogen-bond donors (Lipinski definition) is 1. The van der Waals surface area contributed by atoms with Crippen LogP contribution in [0.5, 0.6) is 0 Å². The zero-order chi connectivity index (χ0) is 28.7. The van der Waals surface area contributed by atoms with Crippen molar-refractivity contribution in [2.45, 2.75) is 45.2 Å². The van der Waals surface area contributed by atoms with Gasteiger partial charge in [0.15, 0.2) is 0 Å². The number of sulfonamides is 1. The summed E-state index contributed by atoms with van der Waals surface area (Å²) >= 11 is 9.79. The van der Waals surface area contributed by atoms with Gasteiger partial charge in [-0.05, 0) is 61.7 Å². The molecule has 0 heterocycles. The number of hydrogen-bond acceptors (Lipinski definition) is 4. The van der Waals surface area contributed by atoms with Gasteiger partial charge in [-0.1, -0.05) is 83.3 Å². The molecule has 1 atom stereocenters. The van der Waals surface area contributed by atoms with Crippen molar-refractivity contribution in [3.05, 3.63) is 93.4 Å². The van der Waals surface area contributed by atoms with E-state index in [4.69, 9.17) is 11.6 Å². The molecule has 208 valence electrons. The van der Waals surface area contributed by atoms with Crippen molar-refractivity contribution in [2.24, 2.45) is 5.92 Å². The third-order valence-electron chi connectivity index (χ3n) is 6.13. The highest BCUT2D eigenvalue weighted by Crippen LogP contribution is 2.27. The lowest BCUT2D eigenvalue weighted by Crippen LogP contribution is -2.51. The number of carbonyl (C=O) groups excluding carboxylic acids is 2. The van der Waals surface area contributed by atoms with Crippen LogP contribution in [0.25, 0.3) is 0 Å². The van der Waals surface area contributed by atoms with Gasteiger partial charge in [-0.25, -0.2) is 8.42 Å². The highest BCUT2D eigenvalue weighted by Gasteiger charge is 2.32. The molecule has 0 aliphatic heterocycles. The first kappa shape index (κ1) is 30.7. The minimum atomic E-state index is -4.13. The molecule has 0 saturated carbocycles. The summed E-state index contributed by atoms with van der Waals surface area (Å²) in [5.74, 6) is -0.655. The van der Waals surface area contributed by atoms with Crippen LogP contribution in [-0.2, 0) is 26.2 Å². The number of amides is 2. The molecule has 2 amide bonds. The molecule has 10 heteroatoms. The molecular weight excluding hydrogens is 602 g/mol. The van der Waals surface area contributed by atoms with E-state index >= 15 is 0 Å². The first-order valence-electron chi connectivity index (χ1n) is 12.6. The fourth-order valence-corrected chi connectivity index (χ4v) is 5.83. The van der Waals surface area contributed by atoms with Crippen molar-refractivity contribution < 1.29 is 18.0 Å². The molecule has 0 unspecified atom stereocenters. The molecule has 3 aromatic carbocycles. The zero-order valence-corrected chi connectivity index (χ0v) is 25.6. The Labute approximate surface area is 244 Å². The van der Waals surface area contributed by atoms with Crippen LogP contribution in [0.15, 0.2) is 82.2 Å². The standard InChI is InChI=1S/C29H33BrClN3O4S/c1-20(2)17-32-29(36)22(4)33(18-23-8-5-6-11-27(23)31)28(35)19-34(25-10-7-9-24(30)16-25)39(37,38)26-14-12-21(3)13-15-26/h5-16,20,22H,17-19H2,1-4H3,(H,32,36)/t22-/m1/s1. The van der Waals surface area contributed by atoms with Gasteiger partial charge in [0, 0.05) is 22.6 Å². The third kappa shape index (κ3) is 8.06. The molecule has 0 bridgehead atoms. The lowest BCUT2D eigenvalue weighted by Gasteiger charge is -2.32. The topological polar surface area (TPSA) is 86.8 Å². The largest absolute Gasteiger partial charge is 0.354 e. The van der Waals surface area contributed by atoms with Crippen molar-refractivity contribution in [3.63, 3.8) is 0 Å². The van der Waals surface area contributed by atoms with Crippen LogP contribution in [0, 0.1) is 12.8 Å². The van der Waals surface area contributed by atoms with Crippen LogP contribution >= 0.6 is 27.5 Å². The van der Waals surface area contributed by atoms with Crippen LogP contribution in [0.4, 0.5) is 5.69 Å². The summed E-state index contributed by atoms with van der Waals surface area (Å²) in [4.78, 5) is 28.4. The Balaban J connectivity index is 2.02. The van der Waals surface area contributed by atoms with Crippen molar-refractivity contribution in [1.82, 2.24) is 10.2 Å². The Morgan fingerprint density at radius 3 is 2.26 bits per heavy atom. The molecule has 1 N–H and O–H groups in total. The van der Waals surface area contributed by atoms with Gasteiger partial charge in [0.25, 0.3) is 10.0 Å². The molecule has 3 aromatic rings. The highest BCUT2D eigenvalue weighted by atomic mass is 79.9. The number of nitrogens with one attached hydrogen (secondary N) is 1. The number of carbonyl (C=O) groups is 2.